The molecule has 0 bridgehead atoms. The van der Waals surface area contributed by atoms with Gasteiger partial charge < -0.3 is 14.7 Å². The number of aromatic amines is 1. The van der Waals surface area contributed by atoms with E-state index < -0.39 is 5.91 Å². The van der Waals surface area contributed by atoms with Crippen LogP contribution in [0.25, 0.3) is 10.4 Å². The Kier molecular flexibility index (Phi) is 7.37. The topological polar surface area (TPSA) is 102 Å². The minimum atomic E-state index is -0.590. The number of nitrogens with one attached hydrogen (secondary N) is 1. The molecule has 0 aliphatic heterocycles. The van der Waals surface area contributed by atoms with Crippen molar-refractivity contribution in [1.29, 1.82) is 0 Å². The zero-order chi connectivity index (χ0) is 21.7. The molecule has 7 heteroatoms. The Morgan fingerprint density at radius 2 is 1.93 bits per heavy atom. The highest BCUT2D eigenvalue weighted by Gasteiger charge is 2.56. The van der Waals surface area contributed by atoms with E-state index in [2.05, 4.69) is 40.9 Å². The average Bonchev–Trinajstić information content (AvgIpc) is 3.47. The number of nitrogens with zero attached hydrogens (tertiary/aromatic N) is 4. The first-order chi connectivity index (χ1) is 14.4. The van der Waals surface area contributed by atoms with E-state index in [1.54, 1.807) is 12.3 Å². The second kappa shape index (κ2) is 9.80. The van der Waals surface area contributed by atoms with E-state index in [0.29, 0.717) is 17.7 Å². The summed E-state index contributed by atoms with van der Waals surface area (Å²) in [6.45, 7) is 2.23. The van der Waals surface area contributed by atoms with Gasteiger partial charge in [0.15, 0.2) is 0 Å². The summed E-state index contributed by atoms with van der Waals surface area (Å²) in [6, 6.07) is 3.65. The number of carbonyl (C=O) groups is 2. The van der Waals surface area contributed by atoms with Gasteiger partial charge in [0.25, 0.3) is 5.91 Å². The van der Waals surface area contributed by atoms with E-state index in [9.17, 15) is 9.59 Å². The second-order valence-corrected chi connectivity index (χ2v) is 9.77. The lowest BCUT2D eigenvalue weighted by Gasteiger charge is -2.36. The molecule has 1 aromatic rings. The van der Waals surface area contributed by atoms with E-state index in [-0.39, 0.29) is 5.41 Å². The first-order valence-corrected chi connectivity index (χ1v) is 11.3. The zero-order valence-electron chi connectivity index (χ0n) is 18.5. The molecule has 7 nitrogen and oxygen atoms in total. The maximum absolute atomic E-state index is 11.8. The summed E-state index contributed by atoms with van der Waals surface area (Å²) < 4.78 is 0. The monoisotopic (exact) mass is 413 g/mol. The van der Waals surface area contributed by atoms with Crippen LogP contribution in [-0.4, -0.2) is 42.2 Å². The molecule has 1 N–H and O–H groups in total. The highest BCUT2D eigenvalue weighted by molar-refractivity contribution is 5.92. The summed E-state index contributed by atoms with van der Waals surface area (Å²) in [5.74, 6) is 2.77. The molecule has 3 aliphatic rings. The Balaban J connectivity index is 0.000000216. The molecule has 0 saturated heterocycles. The molecule has 4 rings (SSSR count). The number of carbonyl (C=O) groups excluding carboxylic acids is 2. The highest BCUT2D eigenvalue weighted by atomic mass is 16.1. The Hall–Kier alpha value is -2.11. The number of rotatable bonds is 4. The summed E-state index contributed by atoms with van der Waals surface area (Å²) in [5.41, 5.74) is 8.06. The van der Waals surface area contributed by atoms with Crippen LogP contribution >= 0.6 is 0 Å². The van der Waals surface area contributed by atoms with Gasteiger partial charge >= 0.3 is 0 Å². The molecule has 0 aromatic carbocycles. The predicted molar refractivity (Wildman–Crippen MR) is 117 cm³/mol. The lowest BCUT2D eigenvalue weighted by Crippen LogP contribution is -2.43. The number of azide groups is 1. The molecular weight excluding hydrogens is 378 g/mol. The lowest BCUT2D eigenvalue weighted by atomic mass is 9.73. The summed E-state index contributed by atoms with van der Waals surface area (Å²) in [7, 11) is 4.29. The van der Waals surface area contributed by atoms with E-state index >= 15 is 0 Å². The molecule has 5 atom stereocenters. The standard InChI is InChI=1S/C18H31NO.C5H4N4O/c1-18(12-20)16-10-14(13-7-5-4-6-8-13)9-15(16)11-17(18)19(2)3;6-9-8-5(10)4-2-1-3-7-4/h12-17H,4-11H2,1-3H3;1-3,7H. The maximum Gasteiger partial charge on any atom is 0.265 e. The SMILES string of the molecule is CN(C)C1CC2CC(C3CCCCC3)CC2C1(C)C=O.[N-]=[N+]=NC(=O)c1ccc[nH]1. The van der Waals surface area contributed by atoms with Gasteiger partial charge in [0.1, 0.15) is 6.29 Å². The molecule has 1 aromatic heterocycles. The van der Waals surface area contributed by atoms with Crippen molar-refractivity contribution in [2.75, 3.05) is 14.1 Å². The van der Waals surface area contributed by atoms with Crippen molar-refractivity contribution in [3.8, 4) is 0 Å². The third-order valence-electron chi connectivity index (χ3n) is 7.93. The number of hydrogen-bond donors (Lipinski definition) is 1. The first kappa shape index (κ1) is 22.6. The Bertz CT molecular complexity index is 765. The lowest BCUT2D eigenvalue weighted by molar-refractivity contribution is -0.120. The second-order valence-electron chi connectivity index (χ2n) is 9.77. The minimum absolute atomic E-state index is 0.0996. The van der Waals surface area contributed by atoms with E-state index in [0.717, 1.165) is 17.8 Å². The Morgan fingerprint density at radius 3 is 2.50 bits per heavy atom. The van der Waals surface area contributed by atoms with Crippen LogP contribution in [-0.2, 0) is 4.79 Å². The van der Waals surface area contributed by atoms with Crippen molar-refractivity contribution in [3.63, 3.8) is 0 Å². The van der Waals surface area contributed by atoms with Crippen LogP contribution in [0.1, 0.15) is 68.8 Å². The number of fused-ring (bicyclic) bond motifs is 1. The van der Waals surface area contributed by atoms with Crippen molar-refractivity contribution >= 4 is 12.2 Å². The quantitative estimate of drug-likeness (QED) is 0.317. The normalized spacial score (nSPS) is 33.3. The Labute approximate surface area is 179 Å². The number of aldehydes is 1. The third-order valence-corrected chi connectivity index (χ3v) is 7.93. The van der Waals surface area contributed by atoms with Gasteiger partial charge in [-0.15, -0.1) is 0 Å². The minimum Gasteiger partial charge on any atom is -0.359 e. The fourth-order valence-corrected chi connectivity index (χ4v) is 6.46. The van der Waals surface area contributed by atoms with Gasteiger partial charge in [-0.1, -0.05) is 39.0 Å². The number of H-pyrrole nitrogens is 1. The van der Waals surface area contributed by atoms with E-state index in [1.807, 2.05) is 0 Å². The van der Waals surface area contributed by atoms with Crippen molar-refractivity contribution in [2.24, 2.45) is 34.2 Å². The van der Waals surface area contributed by atoms with Crippen LogP contribution in [0.2, 0.25) is 0 Å². The van der Waals surface area contributed by atoms with E-state index in [4.69, 9.17) is 5.53 Å². The van der Waals surface area contributed by atoms with Crippen LogP contribution < -0.4 is 0 Å². The van der Waals surface area contributed by atoms with Crippen molar-refractivity contribution in [1.82, 2.24) is 9.88 Å². The fourth-order valence-electron chi connectivity index (χ4n) is 6.46. The van der Waals surface area contributed by atoms with E-state index in [1.165, 1.54) is 63.7 Å². The fraction of sp³-hybridized carbons (Fsp3) is 0.739. The average molecular weight is 414 g/mol. The van der Waals surface area contributed by atoms with Gasteiger partial charge in [0, 0.05) is 22.6 Å². The molecular formula is C23H35N5O2. The molecule has 3 aliphatic carbocycles. The largest absolute Gasteiger partial charge is 0.359 e. The number of amides is 1. The van der Waals surface area contributed by atoms with Crippen molar-refractivity contribution < 1.29 is 9.59 Å². The van der Waals surface area contributed by atoms with Crippen LogP contribution in [0.5, 0.6) is 0 Å². The number of aromatic nitrogens is 1. The van der Waals surface area contributed by atoms with Gasteiger partial charge in [0.2, 0.25) is 0 Å². The van der Waals surface area contributed by atoms with Gasteiger partial charge in [-0.3, -0.25) is 4.79 Å². The number of hydrogen-bond acceptors (Lipinski definition) is 3. The van der Waals surface area contributed by atoms with Gasteiger partial charge in [0.05, 0.1) is 5.69 Å². The molecule has 5 unspecified atom stereocenters. The molecule has 1 heterocycles. The summed E-state index contributed by atoms with van der Waals surface area (Å²) in [4.78, 5) is 29.7. The van der Waals surface area contributed by atoms with Crippen molar-refractivity contribution in [2.45, 2.75) is 64.3 Å². The third kappa shape index (κ3) is 4.62. The van der Waals surface area contributed by atoms with Crippen LogP contribution in [0, 0.1) is 29.1 Å². The predicted octanol–water partition coefficient (Wildman–Crippen LogP) is 5.21. The van der Waals surface area contributed by atoms with Gasteiger partial charge in [-0.25, -0.2) is 0 Å². The molecule has 3 fully saturated rings. The molecule has 0 spiro atoms. The van der Waals surface area contributed by atoms with Crippen LogP contribution in [0.4, 0.5) is 0 Å². The van der Waals surface area contributed by atoms with Crippen LogP contribution in [0.3, 0.4) is 0 Å². The molecule has 30 heavy (non-hydrogen) atoms. The zero-order valence-corrected chi connectivity index (χ0v) is 18.5. The Morgan fingerprint density at radius 1 is 1.20 bits per heavy atom. The highest BCUT2D eigenvalue weighted by Crippen LogP contribution is 2.58. The van der Waals surface area contributed by atoms with Crippen LogP contribution in [0.15, 0.2) is 23.4 Å². The summed E-state index contributed by atoms with van der Waals surface area (Å²) in [5, 5.41) is 2.88. The summed E-state index contributed by atoms with van der Waals surface area (Å²) in [6.07, 6.45) is 14.1. The molecule has 164 valence electrons. The van der Waals surface area contributed by atoms with Crippen molar-refractivity contribution in [3.05, 3.63) is 34.5 Å². The van der Waals surface area contributed by atoms with Gasteiger partial charge in [-0.2, -0.15) is 0 Å². The molecule has 1 amide bonds. The smallest absolute Gasteiger partial charge is 0.265 e. The molecule has 3 saturated carbocycles. The molecule has 0 radical (unpaired) electrons. The van der Waals surface area contributed by atoms with Gasteiger partial charge in [-0.05, 0) is 79.8 Å². The maximum atomic E-state index is 11.8. The first-order valence-electron chi connectivity index (χ1n) is 11.3. The summed E-state index contributed by atoms with van der Waals surface area (Å²) >= 11 is 0.